The van der Waals surface area contributed by atoms with Crippen LogP contribution in [0.3, 0.4) is 0 Å². The van der Waals surface area contributed by atoms with E-state index in [1.807, 2.05) is 17.0 Å². The van der Waals surface area contributed by atoms with Crippen LogP contribution in [0.1, 0.15) is 24.2 Å². The van der Waals surface area contributed by atoms with Crippen LogP contribution in [-0.2, 0) is 17.8 Å². The maximum Gasteiger partial charge on any atom is 0.222 e. The predicted octanol–water partition coefficient (Wildman–Crippen LogP) is 1.74. The zero-order valence-electron chi connectivity index (χ0n) is 13.4. The van der Waals surface area contributed by atoms with E-state index in [1.54, 1.807) is 24.9 Å². The van der Waals surface area contributed by atoms with Gasteiger partial charge in [-0.15, -0.1) is 0 Å². The molecule has 6 nitrogen and oxygen atoms in total. The highest BCUT2D eigenvalue weighted by Crippen LogP contribution is 2.17. The van der Waals surface area contributed by atoms with E-state index in [4.69, 9.17) is 4.42 Å². The fourth-order valence-electron chi connectivity index (χ4n) is 2.94. The Kier molecular flexibility index (Phi) is 5.02. The monoisotopic (exact) mass is 314 g/mol. The fourth-order valence-corrected chi connectivity index (χ4v) is 2.94. The molecule has 1 amide bonds. The van der Waals surface area contributed by atoms with Crippen LogP contribution in [0.25, 0.3) is 0 Å². The van der Waals surface area contributed by atoms with Gasteiger partial charge in [-0.05, 0) is 37.6 Å². The number of aryl methyl sites for hydroxylation is 1. The lowest BCUT2D eigenvalue weighted by Crippen LogP contribution is -2.36. The van der Waals surface area contributed by atoms with E-state index in [1.165, 1.54) is 0 Å². The lowest BCUT2D eigenvalue weighted by atomic mass is 10.2. The smallest absolute Gasteiger partial charge is 0.222 e. The summed E-state index contributed by atoms with van der Waals surface area (Å²) in [5, 5.41) is 0. The summed E-state index contributed by atoms with van der Waals surface area (Å²) in [5.41, 5.74) is 1.08. The lowest BCUT2D eigenvalue weighted by molar-refractivity contribution is -0.130. The Balaban J connectivity index is 1.46. The van der Waals surface area contributed by atoms with Crippen molar-refractivity contribution < 1.29 is 9.21 Å². The molecule has 1 saturated heterocycles. The number of rotatable bonds is 6. The number of likely N-dealkylation sites (tertiary alicyclic amines) is 1. The fraction of sp³-hybridized carbons (Fsp3) is 0.471. The molecular weight excluding hydrogens is 292 g/mol. The van der Waals surface area contributed by atoms with Crippen molar-refractivity contribution in [2.45, 2.75) is 31.8 Å². The maximum absolute atomic E-state index is 12.3. The average Bonchev–Trinajstić information content (AvgIpc) is 3.25. The van der Waals surface area contributed by atoms with Gasteiger partial charge in [0.25, 0.3) is 0 Å². The molecule has 3 heterocycles. The van der Waals surface area contributed by atoms with Crippen molar-refractivity contribution in [3.8, 4) is 0 Å². The normalized spacial score (nSPS) is 17.8. The summed E-state index contributed by atoms with van der Waals surface area (Å²) in [6.07, 6.45) is 9.15. The summed E-state index contributed by atoms with van der Waals surface area (Å²) in [6, 6.07) is 4.10. The van der Waals surface area contributed by atoms with E-state index < -0.39 is 0 Å². The van der Waals surface area contributed by atoms with Gasteiger partial charge in [-0.3, -0.25) is 9.69 Å². The second-order valence-electron chi connectivity index (χ2n) is 5.99. The third-order valence-corrected chi connectivity index (χ3v) is 4.36. The second kappa shape index (κ2) is 7.37. The van der Waals surface area contributed by atoms with Gasteiger partial charge in [0.2, 0.25) is 5.91 Å². The quantitative estimate of drug-likeness (QED) is 0.812. The Morgan fingerprint density at radius 2 is 2.26 bits per heavy atom. The number of nitrogens with zero attached hydrogens (tertiary/aromatic N) is 4. The minimum atomic E-state index is 0.220. The first-order valence-corrected chi connectivity index (χ1v) is 7.97. The molecule has 1 atom stereocenters. The molecule has 0 aromatic carbocycles. The van der Waals surface area contributed by atoms with Gasteiger partial charge in [-0.1, -0.05) is 0 Å². The Labute approximate surface area is 136 Å². The summed E-state index contributed by atoms with van der Waals surface area (Å²) in [4.78, 5) is 25.0. The van der Waals surface area contributed by atoms with E-state index in [2.05, 4.69) is 21.9 Å². The van der Waals surface area contributed by atoms with E-state index in [0.717, 1.165) is 37.3 Å². The number of furan rings is 1. The minimum Gasteiger partial charge on any atom is -0.472 e. The molecular formula is C17H22N4O2. The Morgan fingerprint density at radius 3 is 3.00 bits per heavy atom. The van der Waals surface area contributed by atoms with Gasteiger partial charge in [0.05, 0.1) is 19.1 Å². The SMILES string of the molecule is CN(Cc1ncccn1)[C@H]1CCN(C(=O)CCc2ccoc2)C1. The molecule has 0 bridgehead atoms. The zero-order valence-corrected chi connectivity index (χ0v) is 13.4. The Bertz CT molecular complexity index is 615. The largest absolute Gasteiger partial charge is 0.472 e. The van der Waals surface area contributed by atoms with Crippen molar-refractivity contribution in [2.75, 3.05) is 20.1 Å². The zero-order chi connectivity index (χ0) is 16.1. The highest BCUT2D eigenvalue weighted by Gasteiger charge is 2.28. The summed E-state index contributed by atoms with van der Waals surface area (Å²) in [7, 11) is 2.07. The van der Waals surface area contributed by atoms with Crippen LogP contribution in [0, 0.1) is 0 Å². The van der Waals surface area contributed by atoms with E-state index in [-0.39, 0.29) is 5.91 Å². The molecule has 0 saturated carbocycles. The van der Waals surface area contributed by atoms with Crippen molar-refractivity contribution in [3.05, 3.63) is 48.4 Å². The molecule has 3 rings (SSSR count). The third kappa shape index (κ3) is 4.16. The van der Waals surface area contributed by atoms with Crippen LogP contribution >= 0.6 is 0 Å². The van der Waals surface area contributed by atoms with Crippen LogP contribution in [0.4, 0.5) is 0 Å². The molecule has 0 unspecified atom stereocenters. The average molecular weight is 314 g/mol. The molecule has 0 N–H and O–H groups in total. The number of carbonyl (C=O) groups is 1. The van der Waals surface area contributed by atoms with Gasteiger partial charge in [0.1, 0.15) is 5.82 Å². The summed E-state index contributed by atoms with van der Waals surface area (Å²) in [5.74, 6) is 1.04. The van der Waals surface area contributed by atoms with Crippen molar-refractivity contribution >= 4 is 5.91 Å². The van der Waals surface area contributed by atoms with Gasteiger partial charge in [-0.2, -0.15) is 0 Å². The minimum absolute atomic E-state index is 0.220. The molecule has 23 heavy (non-hydrogen) atoms. The summed E-state index contributed by atoms with van der Waals surface area (Å²) in [6.45, 7) is 2.32. The van der Waals surface area contributed by atoms with E-state index >= 15 is 0 Å². The lowest BCUT2D eigenvalue weighted by Gasteiger charge is -2.24. The van der Waals surface area contributed by atoms with Crippen LogP contribution in [0.5, 0.6) is 0 Å². The van der Waals surface area contributed by atoms with Crippen LogP contribution in [0.15, 0.2) is 41.5 Å². The van der Waals surface area contributed by atoms with Gasteiger partial charge in [0, 0.05) is 37.9 Å². The molecule has 2 aromatic rings. The number of hydrogen-bond acceptors (Lipinski definition) is 5. The third-order valence-electron chi connectivity index (χ3n) is 4.36. The standard InChI is InChI=1S/C17H22N4O2/c1-20(12-16-18-7-2-8-19-16)15-5-9-21(11-15)17(22)4-3-14-6-10-23-13-14/h2,6-8,10,13,15H,3-5,9,11-12H2,1H3/t15-/m0/s1. The predicted molar refractivity (Wildman–Crippen MR) is 85.5 cm³/mol. The molecule has 6 heteroatoms. The number of carbonyl (C=O) groups excluding carboxylic acids is 1. The number of amides is 1. The molecule has 0 spiro atoms. The van der Waals surface area contributed by atoms with Crippen molar-refractivity contribution in [3.63, 3.8) is 0 Å². The number of aromatic nitrogens is 2. The Hall–Kier alpha value is -2.21. The van der Waals surface area contributed by atoms with Gasteiger partial charge in [-0.25, -0.2) is 9.97 Å². The molecule has 1 aliphatic rings. The molecule has 2 aromatic heterocycles. The first-order valence-electron chi connectivity index (χ1n) is 7.97. The summed E-state index contributed by atoms with van der Waals surface area (Å²) >= 11 is 0. The maximum atomic E-state index is 12.3. The first-order chi connectivity index (χ1) is 11.2. The molecule has 122 valence electrons. The van der Waals surface area contributed by atoms with Crippen LogP contribution in [-0.4, -0.2) is 51.9 Å². The van der Waals surface area contributed by atoms with Gasteiger partial charge in [0.15, 0.2) is 0 Å². The van der Waals surface area contributed by atoms with E-state index in [0.29, 0.717) is 19.0 Å². The van der Waals surface area contributed by atoms with Gasteiger partial charge < -0.3 is 9.32 Å². The van der Waals surface area contributed by atoms with Crippen molar-refractivity contribution in [1.82, 2.24) is 19.8 Å². The molecule has 1 fully saturated rings. The molecule has 0 aliphatic carbocycles. The highest BCUT2D eigenvalue weighted by molar-refractivity contribution is 5.76. The van der Waals surface area contributed by atoms with E-state index in [9.17, 15) is 4.79 Å². The second-order valence-corrected chi connectivity index (χ2v) is 5.99. The topological polar surface area (TPSA) is 62.5 Å². The first kappa shape index (κ1) is 15.7. The summed E-state index contributed by atoms with van der Waals surface area (Å²) < 4.78 is 5.03. The van der Waals surface area contributed by atoms with Crippen LogP contribution < -0.4 is 0 Å². The number of likely N-dealkylation sites (N-methyl/N-ethyl adjacent to an activating group) is 1. The van der Waals surface area contributed by atoms with Gasteiger partial charge >= 0.3 is 0 Å². The Morgan fingerprint density at radius 1 is 1.43 bits per heavy atom. The van der Waals surface area contributed by atoms with Crippen molar-refractivity contribution in [1.29, 1.82) is 0 Å². The highest BCUT2D eigenvalue weighted by atomic mass is 16.3. The molecule has 0 radical (unpaired) electrons. The number of hydrogen-bond donors (Lipinski definition) is 0. The van der Waals surface area contributed by atoms with Crippen LogP contribution in [0.2, 0.25) is 0 Å². The molecule has 1 aliphatic heterocycles. The van der Waals surface area contributed by atoms with Crippen molar-refractivity contribution in [2.24, 2.45) is 0 Å².